The van der Waals surface area contributed by atoms with E-state index in [1.807, 2.05) is 6.07 Å². The normalized spacial score (nSPS) is 18.3. The van der Waals surface area contributed by atoms with E-state index in [9.17, 15) is 0 Å². The van der Waals surface area contributed by atoms with Gasteiger partial charge in [-0.15, -0.1) is 0 Å². The maximum Gasteiger partial charge on any atom is 0.0643 e. The molecule has 0 atom stereocenters. The van der Waals surface area contributed by atoms with E-state index in [-0.39, 0.29) is 0 Å². The van der Waals surface area contributed by atoms with Gasteiger partial charge in [0.2, 0.25) is 0 Å². The number of likely N-dealkylation sites (tertiary alicyclic amines) is 1. The van der Waals surface area contributed by atoms with Gasteiger partial charge in [-0.05, 0) is 38.1 Å². The Morgan fingerprint density at radius 3 is 2.79 bits per heavy atom. The van der Waals surface area contributed by atoms with Crippen LogP contribution in [0.15, 0.2) is 18.3 Å². The highest BCUT2D eigenvalue weighted by Crippen LogP contribution is 2.08. The zero-order valence-electron chi connectivity index (χ0n) is 8.52. The largest absolute Gasteiger partial charge is 0.303 e. The molecule has 14 heavy (non-hydrogen) atoms. The Balaban J connectivity index is 1.76. The van der Waals surface area contributed by atoms with Gasteiger partial charge in [0.1, 0.15) is 0 Å². The van der Waals surface area contributed by atoms with E-state index in [4.69, 9.17) is 0 Å². The summed E-state index contributed by atoms with van der Waals surface area (Å²) in [6, 6.07) is 4.01. The molecule has 0 bridgehead atoms. The van der Waals surface area contributed by atoms with Crippen molar-refractivity contribution < 1.29 is 0 Å². The van der Waals surface area contributed by atoms with Crippen LogP contribution in [0.5, 0.6) is 0 Å². The molecule has 0 N–H and O–H groups in total. The van der Waals surface area contributed by atoms with E-state index >= 15 is 0 Å². The average Bonchev–Trinajstić information content (AvgIpc) is 2.29. The summed E-state index contributed by atoms with van der Waals surface area (Å²) in [5.74, 6) is 0. The number of hydrogen-bond acceptors (Lipinski definition) is 3. The van der Waals surface area contributed by atoms with Gasteiger partial charge in [0, 0.05) is 19.2 Å². The summed E-state index contributed by atoms with van der Waals surface area (Å²) < 4.78 is 0. The van der Waals surface area contributed by atoms with Gasteiger partial charge in [0.25, 0.3) is 0 Å². The molecule has 1 aromatic rings. The predicted octanol–water partition coefficient (Wildman–Crippen LogP) is 1.50. The summed E-state index contributed by atoms with van der Waals surface area (Å²) in [7, 11) is 0. The molecule has 1 fully saturated rings. The SMILES string of the molecule is c1cnnc(CCN2CCCCC2)c1. The van der Waals surface area contributed by atoms with Crippen molar-refractivity contribution >= 4 is 0 Å². The maximum atomic E-state index is 4.09. The van der Waals surface area contributed by atoms with Crippen LogP contribution in [-0.2, 0) is 6.42 Å². The zero-order chi connectivity index (χ0) is 9.64. The Hall–Kier alpha value is -0.960. The molecule has 1 saturated heterocycles. The first-order valence-electron chi connectivity index (χ1n) is 5.44. The molecule has 3 heteroatoms. The first-order valence-corrected chi connectivity index (χ1v) is 5.44. The van der Waals surface area contributed by atoms with Gasteiger partial charge in [-0.25, -0.2) is 0 Å². The van der Waals surface area contributed by atoms with E-state index in [1.54, 1.807) is 6.20 Å². The number of rotatable bonds is 3. The Morgan fingerprint density at radius 1 is 1.21 bits per heavy atom. The summed E-state index contributed by atoms with van der Waals surface area (Å²) in [4.78, 5) is 2.53. The molecule has 76 valence electrons. The maximum absolute atomic E-state index is 4.09. The molecule has 0 saturated carbocycles. The molecule has 0 amide bonds. The second-order valence-electron chi connectivity index (χ2n) is 3.87. The summed E-state index contributed by atoms with van der Waals surface area (Å²) in [6.45, 7) is 3.67. The summed E-state index contributed by atoms with van der Waals surface area (Å²) in [5, 5.41) is 7.97. The van der Waals surface area contributed by atoms with Gasteiger partial charge in [-0.2, -0.15) is 10.2 Å². The Labute approximate surface area is 85.1 Å². The lowest BCUT2D eigenvalue weighted by Crippen LogP contribution is -2.31. The quantitative estimate of drug-likeness (QED) is 0.725. The van der Waals surface area contributed by atoms with Crippen LogP contribution in [0, 0.1) is 0 Å². The fourth-order valence-corrected chi connectivity index (χ4v) is 1.92. The van der Waals surface area contributed by atoms with Crippen molar-refractivity contribution in [2.24, 2.45) is 0 Å². The van der Waals surface area contributed by atoms with E-state index in [1.165, 1.54) is 32.4 Å². The molecule has 1 aliphatic heterocycles. The standard InChI is InChI=1S/C11H17N3/c1-2-8-14(9-3-1)10-6-11-5-4-7-12-13-11/h4-5,7H,1-3,6,8-10H2. The van der Waals surface area contributed by atoms with Crippen molar-refractivity contribution in [2.75, 3.05) is 19.6 Å². The van der Waals surface area contributed by atoms with Crippen molar-refractivity contribution in [3.05, 3.63) is 24.0 Å². The highest BCUT2D eigenvalue weighted by atomic mass is 15.1. The highest BCUT2D eigenvalue weighted by molar-refractivity contribution is 4.99. The first-order chi connectivity index (χ1) is 6.95. The van der Waals surface area contributed by atoms with Crippen molar-refractivity contribution in [3.8, 4) is 0 Å². The van der Waals surface area contributed by atoms with Gasteiger partial charge in [0.15, 0.2) is 0 Å². The lowest BCUT2D eigenvalue weighted by atomic mass is 10.1. The summed E-state index contributed by atoms with van der Waals surface area (Å²) in [5.41, 5.74) is 1.11. The molecule has 3 nitrogen and oxygen atoms in total. The van der Waals surface area contributed by atoms with E-state index in [2.05, 4.69) is 21.2 Å². The lowest BCUT2D eigenvalue weighted by molar-refractivity contribution is 0.230. The fraction of sp³-hybridized carbons (Fsp3) is 0.636. The van der Waals surface area contributed by atoms with Gasteiger partial charge >= 0.3 is 0 Å². The molecule has 1 aromatic heterocycles. The van der Waals surface area contributed by atoms with E-state index < -0.39 is 0 Å². The number of aromatic nitrogens is 2. The molecule has 0 radical (unpaired) electrons. The van der Waals surface area contributed by atoms with E-state index in [0.717, 1.165) is 18.7 Å². The van der Waals surface area contributed by atoms with Crippen LogP contribution in [0.25, 0.3) is 0 Å². The molecular weight excluding hydrogens is 174 g/mol. The predicted molar refractivity (Wildman–Crippen MR) is 56.0 cm³/mol. The lowest BCUT2D eigenvalue weighted by Gasteiger charge is -2.25. The van der Waals surface area contributed by atoms with Gasteiger partial charge < -0.3 is 4.90 Å². The van der Waals surface area contributed by atoms with Crippen LogP contribution in [0.2, 0.25) is 0 Å². The second-order valence-corrected chi connectivity index (χ2v) is 3.87. The second kappa shape index (κ2) is 5.05. The molecule has 0 spiro atoms. The highest BCUT2D eigenvalue weighted by Gasteiger charge is 2.09. The minimum absolute atomic E-state index is 1.04. The Kier molecular flexibility index (Phi) is 3.46. The average molecular weight is 191 g/mol. The summed E-state index contributed by atoms with van der Waals surface area (Å²) >= 11 is 0. The fourth-order valence-electron chi connectivity index (χ4n) is 1.92. The van der Waals surface area contributed by atoms with Crippen molar-refractivity contribution in [3.63, 3.8) is 0 Å². The van der Waals surface area contributed by atoms with Crippen LogP contribution in [-0.4, -0.2) is 34.7 Å². The zero-order valence-corrected chi connectivity index (χ0v) is 8.52. The Bertz CT molecular complexity index is 254. The van der Waals surface area contributed by atoms with Crippen molar-refractivity contribution in [1.82, 2.24) is 15.1 Å². The summed E-state index contributed by atoms with van der Waals surface area (Å²) in [6.07, 6.45) is 6.89. The van der Waals surface area contributed by atoms with E-state index in [0.29, 0.717) is 0 Å². The topological polar surface area (TPSA) is 29.0 Å². The number of hydrogen-bond donors (Lipinski definition) is 0. The molecule has 2 heterocycles. The van der Waals surface area contributed by atoms with Crippen LogP contribution in [0.3, 0.4) is 0 Å². The third-order valence-corrected chi connectivity index (χ3v) is 2.76. The molecule has 0 unspecified atom stereocenters. The van der Waals surface area contributed by atoms with Gasteiger partial charge in [-0.1, -0.05) is 6.42 Å². The van der Waals surface area contributed by atoms with Gasteiger partial charge in [-0.3, -0.25) is 0 Å². The first kappa shape index (κ1) is 9.59. The van der Waals surface area contributed by atoms with Crippen LogP contribution in [0.1, 0.15) is 25.0 Å². The minimum Gasteiger partial charge on any atom is -0.303 e. The molecule has 0 aromatic carbocycles. The molecule has 1 aliphatic rings. The van der Waals surface area contributed by atoms with Crippen LogP contribution in [0.4, 0.5) is 0 Å². The van der Waals surface area contributed by atoms with Gasteiger partial charge in [0.05, 0.1) is 5.69 Å². The Morgan fingerprint density at radius 2 is 2.07 bits per heavy atom. The van der Waals surface area contributed by atoms with Crippen molar-refractivity contribution in [1.29, 1.82) is 0 Å². The minimum atomic E-state index is 1.04. The smallest absolute Gasteiger partial charge is 0.0643 e. The third-order valence-electron chi connectivity index (χ3n) is 2.76. The molecule has 2 rings (SSSR count). The number of nitrogens with zero attached hydrogens (tertiary/aromatic N) is 3. The van der Waals surface area contributed by atoms with Crippen LogP contribution >= 0.6 is 0 Å². The third kappa shape index (κ3) is 2.77. The van der Waals surface area contributed by atoms with Crippen molar-refractivity contribution in [2.45, 2.75) is 25.7 Å². The molecular formula is C11H17N3. The molecule has 0 aliphatic carbocycles. The van der Waals surface area contributed by atoms with Crippen LogP contribution < -0.4 is 0 Å². The monoisotopic (exact) mass is 191 g/mol. The number of piperidine rings is 1.